The maximum absolute atomic E-state index is 13.0. The molecule has 162 valence electrons. The number of nitrogens with zero attached hydrogens (tertiary/aromatic N) is 1. The molecule has 1 aliphatic heterocycles. The standard InChI is InChI=1S/C24H27N3O4/c1-30-18-9-10-22(31-2)21(13-18)26-24(29)16-6-5-11-27(15-16)23(28)12-17-14-25-20-8-4-3-7-19(17)20/h3-4,7-10,13-14,16,25H,5-6,11-12,15H2,1-2H3,(H,26,29). The number of likely N-dealkylation sites (tertiary alicyclic amines) is 1. The summed E-state index contributed by atoms with van der Waals surface area (Å²) in [6.07, 6.45) is 3.76. The van der Waals surface area contributed by atoms with E-state index in [-0.39, 0.29) is 17.7 Å². The number of nitrogens with one attached hydrogen (secondary N) is 2. The van der Waals surface area contributed by atoms with E-state index in [0.29, 0.717) is 36.7 Å². The van der Waals surface area contributed by atoms with Crippen LogP contribution in [0.15, 0.2) is 48.7 Å². The number of aromatic amines is 1. The lowest BCUT2D eigenvalue weighted by Crippen LogP contribution is -2.44. The fourth-order valence-electron chi connectivity index (χ4n) is 4.12. The Balaban J connectivity index is 1.42. The van der Waals surface area contributed by atoms with Crippen molar-refractivity contribution in [3.05, 3.63) is 54.2 Å². The molecule has 2 aromatic carbocycles. The first-order chi connectivity index (χ1) is 15.1. The van der Waals surface area contributed by atoms with E-state index >= 15 is 0 Å². The first-order valence-corrected chi connectivity index (χ1v) is 10.4. The van der Waals surface area contributed by atoms with E-state index in [0.717, 1.165) is 29.3 Å². The fraction of sp³-hybridized carbons (Fsp3) is 0.333. The minimum absolute atomic E-state index is 0.0428. The number of anilines is 1. The number of carbonyl (C=O) groups is 2. The molecule has 3 aromatic rings. The van der Waals surface area contributed by atoms with Crippen LogP contribution in [0, 0.1) is 5.92 Å². The first-order valence-electron chi connectivity index (χ1n) is 10.4. The van der Waals surface area contributed by atoms with Gasteiger partial charge >= 0.3 is 0 Å². The predicted molar refractivity (Wildman–Crippen MR) is 119 cm³/mol. The second-order valence-electron chi connectivity index (χ2n) is 7.77. The molecule has 4 rings (SSSR count). The van der Waals surface area contributed by atoms with Crippen LogP contribution in [-0.2, 0) is 16.0 Å². The molecule has 1 fully saturated rings. The summed E-state index contributed by atoms with van der Waals surface area (Å²) in [4.78, 5) is 30.9. The maximum Gasteiger partial charge on any atom is 0.229 e. The third kappa shape index (κ3) is 4.50. The Kier molecular flexibility index (Phi) is 6.11. The van der Waals surface area contributed by atoms with Crippen molar-refractivity contribution < 1.29 is 19.1 Å². The molecule has 0 spiro atoms. The largest absolute Gasteiger partial charge is 0.497 e. The molecule has 1 aromatic heterocycles. The van der Waals surface area contributed by atoms with Gasteiger partial charge in [0.25, 0.3) is 0 Å². The van der Waals surface area contributed by atoms with E-state index in [2.05, 4.69) is 10.3 Å². The van der Waals surface area contributed by atoms with Crippen molar-refractivity contribution in [1.29, 1.82) is 0 Å². The van der Waals surface area contributed by atoms with E-state index in [9.17, 15) is 9.59 Å². The highest BCUT2D eigenvalue weighted by Gasteiger charge is 2.29. The van der Waals surface area contributed by atoms with Gasteiger partial charge in [-0.15, -0.1) is 0 Å². The first kappa shape index (κ1) is 20.8. The van der Waals surface area contributed by atoms with Gasteiger partial charge < -0.3 is 24.7 Å². The zero-order chi connectivity index (χ0) is 21.8. The van der Waals surface area contributed by atoms with E-state index in [4.69, 9.17) is 9.47 Å². The van der Waals surface area contributed by atoms with Gasteiger partial charge in [-0.05, 0) is 36.6 Å². The number of methoxy groups -OCH3 is 2. The summed E-state index contributed by atoms with van der Waals surface area (Å²) in [7, 11) is 3.13. The van der Waals surface area contributed by atoms with Crippen molar-refractivity contribution >= 4 is 28.4 Å². The highest BCUT2D eigenvalue weighted by molar-refractivity contribution is 5.95. The van der Waals surface area contributed by atoms with Crippen LogP contribution in [0.4, 0.5) is 5.69 Å². The van der Waals surface area contributed by atoms with Gasteiger partial charge in [-0.2, -0.15) is 0 Å². The lowest BCUT2D eigenvalue weighted by Gasteiger charge is -2.32. The monoisotopic (exact) mass is 421 g/mol. The zero-order valence-corrected chi connectivity index (χ0v) is 17.8. The molecule has 0 bridgehead atoms. The number of amides is 2. The number of benzene rings is 2. The minimum atomic E-state index is -0.267. The molecule has 1 unspecified atom stereocenters. The number of piperidine rings is 1. The van der Waals surface area contributed by atoms with Crippen molar-refractivity contribution in [1.82, 2.24) is 9.88 Å². The summed E-state index contributed by atoms with van der Waals surface area (Å²) in [5.74, 6) is 0.862. The summed E-state index contributed by atoms with van der Waals surface area (Å²) < 4.78 is 10.6. The van der Waals surface area contributed by atoms with Gasteiger partial charge in [0, 0.05) is 36.3 Å². The van der Waals surface area contributed by atoms with Gasteiger partial charge in [0.05, 0.1) is 32.2 Å². The summed E-state index contributed by atoms with van der Waals surface area (Å²) in [6, 6.07) is 13.2. The lowest BCUT2D eigenvalue weighted by atomic mass is 9.96. The molecule has 1 aliphatic rings. The topological polar surface area (TPSA) is 83.7 Å². The molecule has 1 atom stereocenters. The molecule has 2 heterocycles. The second kappa shape index (κ2) is 9.12. The van der Waals surface area contributed by atoms with Crippen molar-refractivity contribution in [2.75, 3.05) is 32.6 Å². The van der Waals surface area contributed by atoms with Crippen molar-refractivity contribution in [3.63, 3.8) is 0 Å². The van der Waals surface area contributed by atoms with Crippen molar-refractivity contribution in [3.8, 4) is 11.5 Å². The molecular weight excluding hydrogens is 394 g/mol. The van der Waals surface area contributed by atoms with Gasteiger partial charge in [0.2, 0.25) is 11.8 Å². The second-order valence-corrected chi connectivity index (χ2v) is 7.77. The molecule has 2 N–H and O–H groups in total. The highest BCUT2D eigenvalue weighted by atomic mass is 16.5. The smallest absolute Gasteiger partial charge is 0.229 e. The van der Waals surface area contributed by atoms with Gasteiger partial charge in [0.15, 0.2) is 0 Å². The molecule has 31 heavy (non-hydrogen) atoms. The molecule has 0 saturated carbocycles. The van der Waals surface area contributed by atoms with Crippen molar-refractivity contribution in [2.45, 2.75) is 19.3 Å². The van der Waals surface area contributed by atoms with E-state index < -0.39 is 0 Å². The lowest BCUT2D eigenvalue weighted by molar-refractivity contribution is -0.133. The molecule has 7 nitrogen and oxygen atoms in total. The van der Waals surface area contributed by atoms with E-state index in [1.807, 2.05) is 30.5 Å². The van der Waals surface area contributed by atoms with Crippen LogP contribution in [0.3, 0.4) is 0 Å². The Morgan fingerprint density at radius 3 is 2.81 bits per heavy atom. The Hall–Kier alpha value is -3.48. The molecule has 0 aliphatic carbocycles. The SMILES string of the molecule is COc1ccc(OC)c(NC(=O)C2CCCN(C(=O)Cc3c[nH]c4ccccc34)C2)c1. The predicted octanol–water partition coefficient (Wildman–Crippen LogP) is 3.60. The maximum atomic E-state index is 13.0. The number of ether oxygens (including phenoxy) is 2. The highest BCUT2D eigenvalue weighted by Crippen LogP contribution is 2.30. The Morgan fingerprint density at radius 2 is 2.00 bits per heavy atom. The molecule has 1 saturated heterocycles. The van der Waals surface area contributed by atoms with Crippen LogP contribution in [0.1, 0.15) is 18.4 Å². The molecule has 0 radical (unpaired) electrons. The average molecular weight is 421 g/mol. The third-order valence-corrected chi connectivity index (χ3v) is 5.83. The Bertz CT molecular complexity index is 1090. The van der Waals surface area contributed by atoms with Crippen LogP contribution in [-0.4, -0.2) is 49.0 Å². The minimum Gasteiger partial charge on any atom is -0.497 e. The van der Waals surface area contributed by atoms with Crippen LogP contribution >= 0.6 is 0 Å². The summed E-state index contributed by atoms with van der Waals surface area (Å²) in [6.45, 7) is 1.09. The number of para-hydroxylation sites is 1. The van der Waals surface area contributed by atoms with E-state index in [1.54, 1.807) is 37.3 Å². The van der Waals surface area contributed by atoms with Crippen LogP contribution in [0.2, 0.25) is 0 Å². The summed E-state index contributed by atoms with van der Waals surface area (Å²) in [5, 5.41) is 4.01. The fourth-order valence-corrected chi connectivity index (χ4v) is 4.12. The number of fused-ring (bicyclic) bond motifs is 1. The molecular formula is C24H27N3O4. The number of aromatic nitrogens is 1. The van der Waals surface area contributed by atoms with Crippen LogP contribution in [0.5, 0.6) is 11.5 Å². The van der Waals surface area contributed by atoms with E-state index in [1.165, 1.54) is 0 Å². The van der Waals surface area contributed by atoms with Crippen LogP contribution in [0.25, 0.3) is 10.9 Å². The average Bonchev–Trinajstić information content (AvgIpc) is 3.21. The Labute approximate surface area is 181 Å². The Morgan fingerprint density at radius 1 is 1.16 bits per heavy atom. The quantitative estimate of drug-likeness (QED) is 0.637. The third-order valence-electron chi connectivity index (χ3n) is 5.83. The molecule has 2 amide bonds. The van der Waals surface area contributed by atoms with Gasteiger partial charge in [0.1, 0.15) is 11.5 Å². The number of rotatable bonds is 6. The zero-order valence-electron chi connectivity index (χ0n) is 17.8. The number of hydrogen-bond donors (Lipinski definition) is 2. The number of H-pyrrole nitrogens is 1. The molecule has 7 heteroatoms. The summed E-state index contributed by atoms with van der Waals surface area (Å²) in [5.41, 5.74) is 2.57. The van der Waals surface area contributed by atoms with Gasteiger partial charge in [-0.3, -0.25) is 9.59 Å². The van der Waals surface area contributed by atoms with Crippen LogP contribution < -0.4 is 14.8 Å². The van der Waals surface area contributed by atoms with Gasteiger partial charge in [-0.25, -0.2) is 0 Å². The summed E-state index contributed by atoms with van der Waals surface area (Å²) >= 11 is 0. The number of carbonyl (C=O) groups excluding carboxylic acids is 2. The van der Waals surface area contributed by atoms with Crippen molar-refractivity contribution in [2.24, 2.45) is 5.92 Å². The van der Waals surface area contributed by atoms with Gasteiger partial charge in [-0.1, -0.05) is 18.2 Å². The number of hydrogen-bond acceptors (Lipinski definition) is 4. The normalized spacial score (nSPS) is 16.2.